The molecule has 1 saturated carbocycles. The lowest BCUT2D eigenvalue weighted by Crippen LogP contribution is -2.35. The van der Waals surface area contributed by atoms with Gasteiger partial charge in [0.1, 0.15) is 6.61 Å². The predicted molar refractivity (Wildman–Crippen MR) is 81.4 cm³/mol. The van der Waals surface area contributed by atoms with Crippen molar-refractivity contribution in [3.8, 4) is 5.75 Å². The molecule has 0 bridgehead atoms. The highest BCUT2D eigenvalue weighted by atomic mass is 35.5. The van der Waals surface area contributed by atoms with Gasteiger partial charge in [0.25, 0.3) is 0 Å². The summed E-state index contributed by atoms with van der Waals surface area (Å²) in [7, 11) is 0. The van der Waals surface area contributed by atoms with Crippen molar-refractivity contribution in [2.45, 2.75) is 38.6 Å². The molecule has 1 aromatic rings. The van der Waals surface area contributed by atoms with Gasteiger partial charge in [0.2, 0.25) is 0 Å². The fraction of sp³-hybridized carbons (Fsp3) is 0.600. The van der Waals surface area contributed by atoms with Crippen LogP contribution >= 0.6 is 23.2 Å². The van der Waals surface area contributed by atoms with Crippen LogP contribution in [0.5, 0.6) is 5.75 Å². The molecular weight excluding hydrogens is 281 g/mol. The average Bonchev–Trinajstić information content (AvgIpc) is 2.39. The molecule has 0 amide bonds. The lowest BCUT2D eigenvalue weighted by Gasteiger charge is -2.27. The molecular formula is C15H21Cl2NO. The van der Waals surface area contributed by atoms with Crippen molar-refractivity contribution in [2.24, 2.45) is 5.92 Å². The lowest BCUT2D eigenvalue weighted by molar-refractivity contribution is 0.270. The van der Waals surface area contributed by atoms with Crippen LogP contribution in [0.3, 0.4) is 0 Å². The van der Waals surface area contributed by atoms with Crippen molar-refractivity contribution >= 4 is 23.2 Å². The smallest absolute Gasteiger partial charge is 0.156 e. The number of nitrogens with one attached hydrogen (secondary N) is 1. The van der Waals surface area contributed by atoms with Gasteiger partial charge in [-0.05, 0) is 43.7 Å². The van der Waals surface area contributed by atoms with E-state index >= 15 is 0 Å². The van der Waals surface area contributed by atoms with Gasteiger partial charge in [-0.15, -0.1) is 0 Å². The second kappa shape index (κ2) is 7.37. The number of ether oxygens (including phenoxy) is 1. The number of hydrogen-bond acceptors (Lipinski definition) is 2. The minimum atomic E-state index is 0.569. The van der Waals surface area contributed by atoms with Crippen LogP contribution in [0.25, 0.3) is 0 Å². The molecule has 1 aliphatic rings. The van der Waals surface area contributed by atoms with Crippen LogP contribution in [0.4, 0.5) is 0 Å². The number of para-hydroxylation sites is 1. The highest BCUT2D eigenvalue weighted by Gasteiger charge is 2.17. The van der Waals surface area contributed by atoms with Crippen molar-refractivity contribution in [3.63, 3.8) is 0 Å². The maximum atomic E-state index is 6.04. The molecule has 0 heterocycles. The molecule has 1 aliphatic carbocycles. The average molecular weight is 302 g/mol. The van der Waals surface area contributed by atoms with Crippen LogP contribution in [-0.4, -0.2) is 19.2 Å². The van der Waals surface area contributed by atoms with Crippen molar-refractivity contribution in [2.75, 3.05) is 13.2 Å². The predicted octanol–water partition coefficient (Wildman–Crippen LogP) is 4.54. The quantitative estimate of drug-likeness (QED) is 0.806. The van der Waals surface area contributed by atoms with Crippen LogP contribution in [-0.2, 0) is 0 Å². The maximum Gasteiger partial charge on any atom is 0.156 e. The van der Waals surface area contributed by atoms with Crippen LogP contribution in [0.15, 0.2) is 18.2 Å². The maximum absolute atomic E-state index is 6.04. The van der Waals surface area contributed by atoms with Gasteiger partial charge in [-0.2, -0.15) is 0 Å². The van der Waals surface area contributed by atoms with Crippen LogP contribution < -0.4 is 10.1 Å². The zero-order valence-electron chi connectivity index (χ0n) is 11.3. The summed E-state index contributed by atoms with van der Waals surface area (Å²) < 4.78 is 5.65. The van der Waals surface area contributed by atoms with E-state index in [-0.39, 0.29) is 0 Å². The van der Waals surface area contributed by atoms with E-state index in [1.54, 1.807) is 12.1 Å². The molecule has 106 valence electrons. The van der Waals surface area contributed by atoms with Gasteiger partial charge in [0.05, 0.1) is 10.0 Å². The first kappa shape index (κ1) is 15.0. The topological polar surface area (TPSA) is 21.3 Å². The first-order chi connectivity index (χ1) is 9.16. The first-order valence-electron chi connectivity index (χ1n) is 6.97. The van der Waals surface area contributed by atoms with E-state index < -0.39 is 0 Å². The molecule has 1 fully saturated rings. The third-order valence-corrected chi connectivity index (χ3v) is 4.31. The Morgan fingerprint density at radius 1 is 1.16 bits per heavy atom. The van der Waals surface area contributed by atoms with Gasteiger partial charge in [-0.3, -0.25) is 0 Å². The van der Waals surface area contributed by atoms with Crippen molar-refractivity contribution in [1.29, 1.82) is 0 Å². The van der Waals surface area contributed by atoms with E-state index in [1.165, 1.54) is 25.7 Å². The first-order valence-corrected chi connectivity index (χ1v) is 7.72. The molecule has 0 saturated heterocycles. The standard InChI is InChI=1S/C15H21Cl2NO/c1-11-5-7-12(8-6-11)18-9-10-19-15-13(16)3-2-4-14(15)17/h2-4,11-12,18H,5-10H2,1H3. The summed E-state index contributed by atoms with van der Waals surface area (Å²) in [4.78, 5) is 0. The van der Waals surface area contributed by atoms with Gasteiger partial charge < -0.3 is 10.1 Å². The molecule has 0 atom stereocenters. The van der Waals surface area contributed by atoms with Crippen molar-refractivity contribution < 1.29 is 4.74 Å². The summed E-state index contributed by atoms with van der Waals surface area (Å²) in [5, 5.41) is 4.68. The minimum absolute atomic E-state index is 0.569. The Morgan fingerprint density at radius 2 is 1.79 bits per heavy atom. The summed E-state index contributed by atoms with van der Waals surface area (Å²) in [5.74, 6) is 1.47. The number of benzene rings is 1. The summed E-state index contributed by atoms with van der Waals surface area (Å²) in [6.45, 7) is 3.76. The van der Waals surface area contributed by atoms with E-state index in [2.05, 4.69) is 12.2 Å². The van der Waals surface area contributed by atoms with Crippen molar-refractivity contribution in [1.82, 2.24) is 5.32 Å². The van der Waals surface area contributed by atoms with E-state index in [1.807, 2.05) is 6.07 Å². The largest absolute Gasteiger partial charge is 0.489 e. The number of hydrogen-bond donors (Lipinski definition) is 1. The Labute approximate surface area is 125 Å². The molecule has 2 nitrogen and oxygen atoms in total. The molecule has 2 rings (SSSR count). The Kier molecular flexibility index (Phi) is 5.80. The lowest BCUT2D eigenvalue weighted by atomic mass is 9.87. The van der Waals surface area contributed by atoms with E-state index in [4.69, 9.17) is 27.9 Å². The van der Waals surface area contributed by atoms with Gasteiger partial charge in [0, 0.05) is 12.6 Å². The minimum Gasteiger partial charge on any atom is -0.489 e. The zero-order valence-corrected chi connectivity index (χ0v) is 12.8. The third-order valence-electron chi connectivity index (χ3n) is 3.72. The van der Waals surface area contributed by atoms with Gasteiger partial charge in [-0.25, -0.2) is 0 Å². The Balaban J connectivity index is 1.69. The summed E-state index contributed by atoms with van der Waals surface area (Å²) in [6, 6.07) is 6.04. The number of rotatable bonds is 5. The third kappa shape index (κ3) is 4.55. The van der Waals surface area contributed by atoms with E-state index in [0.29, 0.717) is 28.4 Å². The number of halogens is 2. The van der Waals surface area contributed by atoms with Gasteiger partial charge >= 0.3 is 0 Å². The Hall–Kier alpha value is -0.440. The molecule has 0 aliphatic heterocycles. The van der Waals surface area contributed by atoms with Crippen molar-refractivity contribution in [3.05, 3.63) is 28.2 Å². The normalized spacial score (nSPS) is 23.3. The SMILES string of the molecule is CC1CCC(NCCOc2c(Cl)cccc2Cl)CC1. The van der Waals surface area contributed by atoms with Crippen LogP contribution in [0.1, 0.15) is 32.6 Å². The molecule has 1 aromatic carbocycles. The molecule has 0 radical (unpaired) electrons. The van der Waals surface area contributed by atoms with Crippen LogP contribution in [0.2, 0.25) is 10.0 Å². The summed E-state index contributed by atoms with van der Waals surface area (Å²) >= 11 is 12.1. The molecule has 0 unspecified atom stereocenters. The van der Waals surface area contributed by atoms with Gasteiger partial charge in [0.15, 0.2) is 5.75 Å². The highest BCUT2D eigenvalue weighted by Crippen LogP contribution is 2.32. The second-order valence-electron chi connectivity index (χ2n) is 5.31. The Bertz CT molecular complexity index is 383. The van der Waals surface area contributed by atoms with E-state index in [9.17, 15) is 0 Å². The van der Waals surface area contributed by atoms with Crippen LogP contribution in [0, 0.1) is 5.92 Å². The summed E-state index contributed by atoms with van der Waals surface area (Å²) in [5.41, 5.74) is 0. The molecule has 0 spiro atoms. The zero-order chi connectivity index (χ0) is 13.7. The van der Waals surface area contributed by atoms with E-state index in [0.717, 1.165) is 12.5 Å². The molecule has 19 heavy (non-hydrogen) atoms. The molecule has 0 aromatic heterocycles. The second-order valence-corrected chi connectivity index (χ2v) is 6.12. The molecule has 1 N–H and O–H groups in total. The monoisotopic (exact) mass is 301 g/mol. The Morgan fingerprint density at radius 3 is 2.42 bits per heavy atom. The molecule has 4 heteroatoms. The highest BCUT2D eigenvalue weighted by molar-refractivity contribution is 6.37. The summed E-state index contributed by atoms with van der Waals surface area (Å²) in [6.07, 6.45) is 5.20. The fourth-order valence-corrected chi connectivity index (χ4v) is 3.01. The fourth-order valence-electron chi connectivity index (χ4n) is 2.50. The van der Waals surface area contributed by atoms with Gasteiger partial charge in [-0.1, -0.05) is 36.2 Å².